The molecule has 0 radical (unpaired) electrons. The standard InChI is InChI=1S/C21H27FN4O/c1-16-14-19(22)9-8-18(16)10-12-24-21(23-2)25-13-11-20(27)26-15-17-6-4-3-5-7-17/h3-9,14H,10-13,15H2,1-2H3,(H,26,27)(H2,23,24,25). The lowest BCUT2D eigenvalue weighted by molar-refractivity contribution is -0.121. The summed E-state index contributed by atoms with van der Waals surface area (Å²) in [7, 11) is 1.69. The van der Waals surface area contributed by atoms with Crippen molar-refractivity contribution in [2.75, 3.05) is 20.1 Å². The van der Waals surface area contributed by atoms with Crippen LogP contribution in [0.5, 0.6) is 0 Å². The molecule has 0 aliphatic heterocycles. The van der Waals surface area contributed by atoms with Crippen molar-refractivity contribution >= 4 is 11.9 Å². The molecule has 0 aliphatic carbocycles. The lowest BCUT2D eigenvalue weighted by atomic mass is 10.1. The highest BCUT2D eigenvalue weighted by molar-refractivity contribution is 5.81. The van der Waals surface area contributed by atoms with Gasteiger partial charge in [0.15, 0.2) is 5.96 Å². The van der Waals surface area contributed by atoms with Gasteiger partial charge in [0, 0.05) is 33.1 Å². The van der Waals surface area contributed by atoms with Crippen molar-refractivity contribution < 1.29 is 9.18 Å². The van der Waals surface area contributed by atoms with E-state index in [-0.39, 0.29) is 11.7 Å². The number of nitrogens with zero attached hydrogens (tertiary/aromatic N) is 1. The van der Waals surface area contributed by atoms with Crippen molar-refractivity contribution in [3.05, 3.63) is 71.0 Å². The van der Waals surface area contributed by atoms with Crippen LogP contribution in [0.2, 0.25) is 0 Å². The highest BCUT2D eigenvalue weighted by Crippen LogP contribution is 2.10. The van der Waals surface area contributed by atoms with E-state index in [1.54, 1.807) is 13.1 Å². The molecule has 1 amide bonds. The average molecular weight is 370 g/mol. The van der Waals surface area contributed by atoms with E-state index in [4.69, 9.17) is 0 Å². The molecule has 3 N–H and O–H groups in total. The summed E-state index contributed by atoms with van der Waals surface area (Å²) in [5.41, 5.74) is 3.11. The molecule has 2 aromatic carbocycles. The minimum absolute atomic E-state index is 0.0104. The fourth-order valence-corrected chi connectivity index (χ4v) is 2.66. The van der Waals surface area contributed by atoms with Gasteiger partial charge in [-0.1, -0.05) is 36.4 Å². The number of amides is 1. The van der Waals surface area contributed by atoms with Crippen LogP contribution in [0.3, 0.4) is 0 Å². The number of halogens is 1. The lowest BCUT2D eigenvalue weighted by Gasteiger charge is -2.13. The topological polar surface area (TPSA) is 65.5 Å². The van der Waals surface area contributed by atoms with Gasteiger partial charge < -0.3 is 16.0 Å². The Kier molecular flexibility index (Phi) is 8.29. The van der Waals surface area contributed by atoms with Crippen molar-refractivity contribution in [3.8, 4) is 0 Å². The number of hydrogen-bond acceptors (Lipinski definition) is 2. The van der Waals surface area contributed by atoms with Crippen LogP contribution in [-0.2, 0) is 17.8 Å². The molecule has 144 valence electrons. The quantitative estimate of drug-likeness (QED) is 0.494. The second-order valence-electron chi connectivity index (χ2n) is 6.26. The first-order valence-electron chi connectivity index (χ1n) is 9.08. The molecule has 0 aliphatic rings. The third-order valence-electron chi connectivity index (χ3n) is 4.19. The molecular formula is C21H27FN4O. The monoisotopic (exact) mass is 370 g/mol. The van der Waals surface area contributed by atoms with E-state index in [9.17, 15) is 9.18 Å². The van der Waals surface area contributed by atoms with Gasteiger partial charge in [-0.3, -0.25) is 9.79 Å². The Hall–Kier alpha value is -2.89. The van der Waals surface area contributed by atoms with Gasteiger partial charge in [-0.15, -0.1) is 0 Å². The Morgan fingerprint density at radius 2 is 1.78 bits per heavy atom. The highest BCUT2D eigenvalue weighted by atomic mass is 19.1. The summed E-state index contributed by atoms with van der Waals surface area (Å²) in [4.78, 5) is 16.1. The smallest absolute Gasteiger partial charge is 0.222 e. The van der Waals surface area contributed by atoms with Crippen molar-refractivity contribution in [1.82, 2.24) is 16.0 Å². The van der Waals surface area contributed by atoms with Crippen LogP contribution in [0.1, 0.15) is 23.1 Å². The van der Waals surface area contributed by atoms with Gasteiger partial charge in [0.25, 0.3) is 0 Å². The first kappa shape index (κ1) is 20.4. The van der Waals surface area contributed by atoms with Gasteiger partial charge in [-0.2, -0.15) is 0 Å². The number of carbonyl (C=O) groups is 1. The molecule has 0 aromatic heterocycles. The van der Waals surface area contributed by atoms with Gasteiger partial charge in [-0.25, -0.2) is 4.39 Å². The highest BCUT2D eigenvalue weighted by Gasteiger charge is 2.04. The number of rotatable bonds is 8. The predicted molar refractivity (Wildman–Crippen MR) is 107 cm³/mol. The molecule has 2 rings (SSSR count). The fourth-order valence-electron chi connectivity index (χ4n) is 2.66. The zero-order chi connectivity index (χ0) is 19.5. The number of carbonyl (C=O) groups excluding carboxylic acids is 1. The molecule has 0 fully saturated rings. The Labute approximate surface area is 160 Å². The Bertz CT molecular complexity index is 762. The summed E-state index contributed by atoms with van der Waals surface area (Å²) < 4.78 is 13.1. The molecule has 0 unspecified atom stereocenters. The fraction of sp³-hybridized carbons (Fsp3) is 0.333. The van der Waals surface area contributed by atoms with E-state index in [2.05, 4.69) is 20.9 Å². The molecule has 5 nitrogen and oxygen atoms in total. The van der Waals surface area contributed by atoms with Crippen molar-refractivity contribution in [1.29, 1.82) is 0 Å². The zero-order valence-electron chi connectivity index (χ0n) is 15.9. The van der Waals surface area contributed by atoms with E-state index in [0.29, 0.717) is 32.0 Å². The van der Waals surface area contributed by atoms with Gasteiger partial charge in [0.1, 0.15) is 5.82 Å². The van der Waals surface area contributed by atoms with E-state index in [1.807, 2.05) is 37.3 Å². The summed E-state index contributed by atoms with van der Waals surface area (Å²) in [5.74, 6) is 0.418. The molecule has 0 spiro atoms. The van der Waals surface area contributed by atoms with E-state index >= 15 is 0 Å². The maximum absolute atomic E-state index is 13.1. The molecule has 0 saturated heterocycles. The molecule has 27 heavy (non-hydrogen) atoms. The molecule has 6 heteroatoms. The average Bonchev–Trinajstić information content (AvgIpc) is 2.67. The summed E-state index contributed by atoms with van der Waals surface area (Å²) in [6.07, 6.45) is 1.13. The normalized spacial score (nSPS) is 11.1. The van der Waals surface area contributed by atoms with Gasteiger partial charge in [0.2, 0.25) is 5.91 Å². The third kappa shape index (κ3) is 7.48. The maximum atomic E-state index is 13.1. The third-order valence-corrected chi connectivity index (χ3v) is 4.19. The van der Waals surface area contributed by atoms with Crippen LogP contribution in [0.25, 0.3) is 0 Å². The van der Waals surface area contributed by atoms with E-state index < -0.39 is 0 Å². The second kappa shape index (κ2) is 11.0. The minimum Gasteiger partial charge on any atom is -0.356 e. The van der Waals surface area contributed by atoms with Crippen LogP contribution in [-0.4, -0.2) is 32.0 Å². The van der Waals surface area contributed by atoms with Crippen LogP contribution in [0, 0.1) is 12.7 Å². The molecule has 0 bridgehead atoms. The molecule has 2 aromatic rings. The first-order chi connectivity index (χ1) is 13.1. The van der Waals surface area contributed by atoms with Crippen LogP contribution >= 0.6 is 0 Å². The molecular weight excluding hydrogens is 343 g/mol. The summed E-state index contributed by atoms with van der Waals surface area (Å²) in [5, 5.41) is 9.23. The Morgan fingerprint density at radius 3 is 2.48 bits per heavy atom. The minimum atomic E-state index is -0.216. The number of benzene rings is 2. The SMILES string of the molecule is CN=C(NCCC(=O)NCc1ccccc1)NCCc1ccc(F)cc1C. The van der Waals surface area contributed by atoms with Gasteiger partial charge in [-0.05, 0) is 42.2 Å². The number of nitrogens with one attached hydrogen (secondary N) is 3. The zero-order valence-corrected chi connectivity index (χ0v) is 15.9. The summed E-state index contributed by atoms with van der Waals surface area (Å²) >= 11 is 0. The van der Waals surface area contributed by atoms with Crippen LogP contribution in [0.15, 0.2) is 53.5 Å². The number of aryl methyl sites for hydroxylation is 1. The van der Waals surface area contributed by atoms with Crippen LogP contribution in [0.4, 0.5) is 4.39 Å². The van der Waals surface area contributed by atoms with Crippen LogP contribution < -0.4 is 16.0 Å². The van der Waals surface area contributed by atoms with Gasteiger partial charge >= 0.3 is 0 Å². The van der Waals surface area contributed by atoms with E-state index in [0.717, 1.165) is 23.1 Å². The van der Waals surface area contributed by atoms with Crippen molar-refractivity contribution in [3.63, 3.8) is 0 Å². The number of hydrogen-bond donors (Lipinski definition) is 3. The van der Waals surface area contributed by atoms with Crippen molar-refractivity contribution in [2.24, 2.45) is 4.99 Å². The largest absolute Gasteiger partial charge is 0.356 e. The maximum Gasteiger partial charge on any atom is 0.222 e. The molecule has 0 saturated carbocycles. The Balaban J connectivity index is 1.64. The molecule has 0 atom stereocenters. The summed E-state index contributed by atoms with van der Waals surface area (Å²) in [6.45, 7) is 3.60. The Morgan fingerprint density at radius 1 is 1.04 bits per heavy atom. The van der Waals surface area contributed by atoms with E-state index in [1.165, 1.54) is 12.1 Å². The number of guanidine groups is 1. The summed E-state index contributed by atoms with van der Waals surface area (Å²) in [6, 6.07) is 14.6. The first-order valence-corrected chi connectivity index (χ1v) is 9.08. The predicted octanol–water partition coefficient (Wildman–Crippen LogP) is 2.55. The second-order valence-corrected chi connectivity index (χ2v) is 6.26. The lowest BCUT2D eigenvalue weighted by Crippen LogP contribution is -2.40. The molecule has 0 heterocycles. The number of aliphatic imine (C=N–C) groups is 1. The van der Waals surface area contributed by atoms with Gasteiger partial charge in [0.05, 0.1) is 0 Å². The van der Waals surface area contributed by atoms with Crippen molar-refractivity contribution in [2.45, 2.75) is 26.3 Å².